The molecule has 0 spiro atoms. The SMILES string of the molecule is C.C.C.CC(C)N1CCCC1.CC(C)c1cccc(F)c1.[Y]. The van der Waals surface area contributed by atoms with Crippen LogP contribution in [0, 0.1) is 5.82 Å². The minimum atomic E-state index is -0.147. The van der Waals surface area contributed by atoms with Gasteiger partial charge in [0.2, 0.25) is 0 Å². The Kier molecular flexibility index (Phi) is 22.0. The van der Waals surface area contributed by atoms with E-state index < -0.39 is 0 Å². The number of benzene rings is 1. The first-order chi connectivity index (χ1) is 8.50. The molecule has 0 N–H and O–H groups in total. The van der Waals surface area contributed by atoms with Crippen LogP contribution in [0.2, 0.25) is 0 Å². The third kappa shape index (κ3) is 11.7. The van der Waals surface area contributed by atoms with Gasteiger partial charge in [0.1, 0.15) is 5.82 Å². The van der Waals surface area contributed by atoms with Crippen molar-refractivity contribution < 1.29 is 37.1 Å². The van der Waals surface area contributed by atoms with Gasteiger partial charge >= 0.3 is 0 Å². The zero-order valence-electron chi connectivity index (χ0n) is 12.7. The summed E-state index contributed by atoms with van der Waals surface area (Å²) < 4.78 is 12.5. The van der Waals surface area contributed by atoms with Gasteiger partial charge in [-0.25, -0.2) is 4.39 Å². The molecule has 3 heteroatoms. The van der Waals surface area contributed by atoms with Crippen molar-refractivity contribution in [3.05, 3.63) is 35.6 Å². The van der Waals surface area contributed by atoms with Crippen molar-refractivity contribution in [2.24, 2.45) is 0 Å². The van der Waals surface area contributed by atoms with Crippen LogP contribution in [0.15, 0.2) is 24.3 Å². The largest absolute Gasteiger partial charge is 0.301 e. The molecule has 0 amide bonds. The van der Waals surface area contributed by atoms with Gasteiger partial charge in [-0.2, -0.15) is 0 Å². The van der Waals surface area contributed by atoms with Gasteiger partial charge in [0.15, 0.2) is 0 Å². The third-order valence-corrected chi connectivity index (χ3v) is 3.39. The second-order valence-electron chi connectivity index (χ2n) is 5.55. The number of nitrogens with zero attached hydrogens (tertiary/aromatic N) is 1. The van der Waals surface area contributed by atoms with Gasteiger partial charge < -0.3 is 4.90 Å². The van der Waals surface area contributed by atoms with E-state index in [1.807, 2.05) is 6.07 Å². The van der Waals surface area contributed by atoms with Crippen LogP contribution in [-0.2, 0) is 32.7 Å². The van der Waals surface area contributed by atoms with E-state index in [4.69, 9.17) is 0 Å². The average Bonchev–Trinajstić information content (AvgIpc) is 2.83. The Morgan fingerprint density at radius 1 is 0.955 bits per heavy atom. The fourth-order valence-corrected chi connectivity index (χ4v) is 2.12. The maximum absolute atomic E-state index is 12.5. The molecule has 1 aromatic carbocycles. The topological polar surface area (TPSA) is 3.24 Å². The summed E-state index contributed by atoms with van der Waals surface area (Å²) in [5.41, 5.74) is 1.06. The Labute approximate surface area is 165 Å². The van der Waals surface area contributed by atoms with Crippen LogP contribution in [0.25, 0.3) is 0 Å². The molecule has 0 saturated carbocycles. The van der Waals surface area contributed by atoms with Crippen molar-refractivity contribution in [2.75, 3.05) is 13.1 Å². The first kappa shape index (κ1) is 30.1. The van der Waals surface area contributed by atoms with Crippen LogP contribution in [0.1, 0.15) is 74.3 Å². The Morgan fingerprint density at radius 2 is 1.45 bits per heavy atom. The Balaban J connectivity index is -0.000000126. The molecule has 1 aliphatic rings. The van der Waals surface area contributed by atoms with E-state index in [0.717, 1.165) is 11.6 Å². The fraction of sp³-hybridized carbons (Fsp3) is 0.684. The monoisotopic (exact) mass is 388 g/mol. The number of hydrogen-bond acceptors (Lipinski definition) is 1. The second kappa shape index (κ2) is 16.1. The van der Waals surface area contributed by atoms with Crippen LogP contribution >= 0.6 is 0 Å². The van der Waals surface area contributed by atoms with E-state index in [0.29, 0.717) is 5.92 Å². The molecule has 1 aromatic rings. The summed E-state index contributed by atoms with van der Waals surface area (Å²) in [7, 11) is 0. The van der Waals surface area contributed by atoms with Gasteiger partial charge in [-0.3, -0.25) is 0 Å². The van der Waals surface area contributed by atoms with Crippen molar-refractivity contribution in [3.8, 4) is 0 Å². The molecule has 0 unspecified atom stereocenters. The maximum atomic E-state index is 12.5. The van der Waals surface area contributed by atoms with Gasteiger partial charge in [-0.05, 0) is 63.4 Å². The Bertz CT molecular complexity index is 347. The molecule has 0 atom stereocenters. The van der Waals surface area contributed by atoms with Gasteiger partial charge in [0.05, 0.1) is 0 Å². The predicted molar refractivity (Wildman–Crippen MR) is 96.6 cm³/mol. The van der Waals surface area contributed by atoms with Crippen LogP contribution in [0.3, 0.4) is 0 Å². The molecular weight excluding hydrogens is 350 g/mol. The number of likely N-dealkylation sites (tertiary alicyclic amines) is 1. The van der Waals surface area contributed by atoms with Crippen LogP contribution in [0.4, 0.5) is 4.39 Å². The summed E-state index contributed by atoms with van der Waals surface area (Å²) in [6.45, 7) is 11.3. The average molecular weight is 388 g/mol. The first-order valence-corrected chi connectivity index (χ1v) is 7.00. The molecule has 0 aliphatic carbocycles. The summed E-state index contributed by atoms with van der Waals surface area (Å²) in [6, 6.07) is 7.49. The summed E-state index contributed by atoms with van der Waals surface area (Å²) in [6.07, 6.45) is 2.83. The third-order valence-electron chi connectivity index (χ3n) is 3.39. The standard InChI is InChI=1S/C9H11F.C7H15N.3CH4.Y/c1-7(2)8-4-3-5-9(10)6-8;1-7(2)8-5-3-4-6-8;;;;/h3-7H,1-2H3;7H,3-6H2,1-2H3;3*1H4;. The first-order valence-electron chi connectivity index (χ1n) is 7.00. The normalized spacial score (nSPS) is 13.0. The summed E-state index contributed by atoms with van der Waals surface area (Å²) in [5, 5.41) is 0. The van der Waals surface area contributed by atoms with Gasteiger partial charge in [-0.15, -0.1) is 0 Å². The Hall–Kier alpha value is 0.214. The summed E-state index contributed by atoms with van der Waals surface area (Å²) in [5.74, 6) is 0.266. The minimum Gasteiger partial charge on any atom is -0.301 e. The van der Waals surface area contributed by atoms with E-state index in [-0.39, 0.29) is 60.8 Å². The van der Waals surface area contributed by atoms with Gasteiger partial charge in [-0.1, -0.05) is 48.3 Å². The number of rotatable bonds is 2. The fourth-order valence-electron chi connectivity index (χ4n) is 2.12. The second-order valence-corrected chi connectivity index (χ2v) is 5.55. The van der Waals surface area contributed by atoms with Crippen molar-refractivity contribution in [1.29, 1.82) is 0 Å². The molecule has 1 aliphatic heterocycles. The van der Waals surface area contributed by atoms with E-state index in [1.54, 1.807) is 12.1 Å². The zero-order valence-corrected chi connectivity index (χ0v) is 15.5. The van der Waals surface area contributed by atoms with E-state index in [2.05, 4.69) is 32.6 Å². The molecular formula is C19H38FNY. The molecule has 1 fully saturated rings. The van der Waals surface area contributed by atoms with Crippen molar-refractivity contribution >= 4 is 0 Å². The van der Waals surface area contributed by atoms with Crippen molar-refractivity contribution in [1.82, 2.24) is 4.90 Å². The van der Waals surface area contributed by atoms with E-state index in [9.17, 15) is 4.39 Å². The van der Waals surface area contributed by atoms with Crippen molar-refractivity contribution in [2.45, 2.75) is 74.8 Å². The quantitative estimate of drug-likeness (QED) is 0.571. The molecule has 129 valence electrons. The van der Waals surface area contributed by atoms with E-state index >= 15 is 0 Å². The maximum Gasteiger partial charge on any atom is 0.123 e. The predicted octanol–water partition coefficient (Wildman–Crippen LogP) is 6.35. The van der Waals surface area contributed by atoms with E-state index in [1.165, 1.54) is 32.0 Å². The molecule has 1 radical (unpaired) electrons. The smallest absolute Gasteiger partial charge is 0.123 e. The molecule has 0 bridgehead atoms. The molecule has 1 heterocycles. The Morgan fingerprint density at radius 3 is 1.73 bits per heavy atom. The van der Waals surface area contributed by atoms with Gasteiger partial charge in [0, 0.05) is 38.8 Å². The summed E-state index contributed by atoms with van der Waals surface area (Å²) in [4.78, 5) is 2.53. The number of hydrogen-bond donors (Lipinski definition) is 0. The number of halogens is 1. The molecule has 0 aromatic heterocycles. The molecule has 1 nitrogen and oxygen atoms in total. The zero-order chi connectivity index (χ0) is 13.5. The molecule has 1 saturated heterocycles. The van der Waals surface area contributed by atoms with Crippen LogP contribution < -0.4 is 0 Å². The molecule has 2 rings (SSSR count). The minimum absolute atomic E-state index is 0. The van der Waals surface area contributed by atoms with Gasteiger partial charge in [0.25, 0.3) is 0 Å². The summed E-state index contributed by atoms with van der Waals surface area (Å²) >= 11 is 0. The molecule has 22 heavy (non-hydrogen) atoms. The van der Waals surface area contributed by atoms with Crippen LogP contribution in [0.5, 0.6) is 0 Å². The van der Waals surface area contributed by atoms with Crippen molar-refractivity contribution in [3.63, 3.8) is 0 Å². The van der Waals surface area contributed by atoms with Crippen LogP contribution in [-0.4, -0.2) is 24.0 Å².